The highest BCUT2D eigenvalue weighted by atomic mass is 127. The van der Waals surface area contributed by atoms with Crippen LogP contribution >= 0.6 is 22.6 Å². The molecule has 0 radical (unpaired) electrons. The second kappa shape index (κ2) is 4.56. The van der Waals surface area contributed by atoms with Gasteiger partial charge in [0.05, 0.1) is 5.56 Å². The van der Waals surface area contributed by atoms with Crippen LogP contribution in [0.5, 0.6) is 0 Å². The smallest absolute Gasteiger partial charge is 0.243 e. The van der Waals surface area contributed by atoms with Gasteiger partial charge >= 0.3 is 0 Å². The summed E-state index contributed by atoms with van der Waals surface area (Å²) in [5.74, 6) is 0. The Hall–Kier alpha value is -0.860. The van der Waals surface area contributed by atoms with Crippen LogP contribution in [-0.2, 0) is 10.0 Å². The molecule has 0 fully saturated rings. The summed E-state index contributed by atoms with van der Waals surface area (Å²) < 4.78 is 47.6. The highest BCUT2D eigenvalue weighted by Crippen LogP contribution is 2.31. The lowest BCUT2D eigenvalue weighted by molar-refractivity contribution is 0.146. The lowest BCUT2D eigenvalue weighted by Gasteiger charge is -2.09. The standard InChI is InChI=1S/C7H4F2IN3O2S/c8-7(9)5-3(10)2-13-4(1-11)6(5)16(12,14)15/h2,7H,(H2,12,14,15). The summed E-state index contributed by atoms with van der Waals surface area (Å²) in [6, 6.07) is 1.42. The minimum atomic E-state index is -4.41. The number of rotatable bonds is 2. The van der Waals surface area contributed by atoms with E-state index in [1.807, 2.05) is 0 Å². The van der Waals surface area contributed by atoms with Gasteiger partial charge in [0.25, 0.3) is 6.43 Å². The molecule has 9 heteroatoms. The number of alkyl halides is 2. The fourth-order valence-electron chi connectivity index (χ4n) is 1.06. The zero-order chi connectivity index (χ0) is 12.5. The topological polar surface area (TPSA) is 96.8 Å². The molecule has 1 aromatic heterocycles. The Kier molecular flexibility index (Phi) is 3.76. The molecule has 86 valence electrons. The van der Waals surface area contributed by atoms with Gasteiger partial charge in [0.1, 0.15) is 11.0 Å². The second-order valence-corrected chi connectivity index (χ2v) is 5.32. The molecule has 0 saturated carbocycles. The first-order valence-corrected chi connectivity index (χ1v) is 6.31. The molecule has 2 N–H and O–H groups in total. The number of hydrogen-bond donors (Lipinski definition) is 1. The molecule has 0 aliphatic heterocycles. The minimum Gasteiger partial charge on any atom is -0.243 e. The Balaban J connectivity index is 3.79. The SMILES string of the molecule is N#Cc1ncc(I)c(C(F)F)c1S(N)(=O)=O. The second-order valence-electron chi connectivity index (χ2n) is 2.66. The van der Waals surface area contributed by atoms with Crippen LogP contribution in [0.15, 0.2) is 11.1 Å². The molecule has 0 atom stereocenters. The molecule has 0 aliphatic rings. The first-order chi connectivity index (χ1) is 7.29. The van der Waals surface area contributed by atoms with E-state index in [0.29, 0.717) is 0 Å². The van der Waals surface area contributed by atoms with Crippen LogP contribution in [0.4, 0.5) is 8.78 Å². The molecule has 0 aromatic carbocycles. The van der Waals surface area contributed by atoms with E-state index in [4.69, 9.17) is 10.4 Å². The number of sulfonamides is 1. The zero-order valence-electron chi connectivity index (χ0n) is 7.49. The third-order valence-corrected chi connectivity index (χ3v) is 3.47. The molecular weight excluding hydrogens is 355 g/mol. The quantitative estimate of drug-likeness (QED) is 0.801. The van der Waals surface area contributed by atoms with Gasteiger partial charge in [-0.1, -0.05) is 0 Å². The van der Waals surface area contributed by atoms with Crippen molar-refractivity contribution in [3.8, 4) is 6.07 Å². The van der Waals surface area contributed by atoms with Crippen molar-refractivity contribution < 1.29 is 17.2 Å². The highest BCUT2D eigenvalue weighted by Gasteiger charge is 2.28. The van der Waals surface area contributed by atoms with Gasteiger partial charge < -0.3 is 0 Å². The molecule has 0 amide bonds. The van der Waals surface area contributed by atoms with E-state index in [1.165, 1.54) is 28.7 Å². The number of nitrogens with zero attached hydrogens (tertiary/aromatic N) is 2. The van der Waals surface area contributed by atoms with Crippen LogP contribution in [0.1, 0.15) is 17.7 Å². The van der Waals surface area contributed by atoms with Crippen LogP contribution in [0.25, 0.3) is 0 Å². The molecule has 0 spiro atoms. The van der Waals surface area contributed by atoms with Crippen molar-refractivity contribution in [1.29, 1.82) is 5.26 Å². The van der Waals surface area contributed by atoms with Crippen molar-refractivity contribution >= 4 is 32.6 Å². The van der Waals surface area contributed by atoms with E-state index in [0.717, 1.165) is 6.20 Å². The van der Waals surface area contributed by atoms with E-state index in [9.17, 15) is 17.2 Å². The van der Waals surface area contributed by atoms with Gasteiger partial charge in [-0.05, 0) is 22.6 Å². The number of pyridine rings is 1. The van der Waals surface area contributed by atoms with Crippen molar-refractivity contribution in [1.82, 2.24) is 4.98 Å². The maximum atomic E-state index is 12.7. The van der Waals surface area contributed by atoms with Gasteiger partial charge in [0, 0.05) is 9.77 Å². The Morgan fingerprint density at radius 2 is 2.12 bits per heavy atom. The Morgan fingerprint density at radius 3 is 2.50 bits per heavy atom. The summed E-state index contributed by atoms with van der Waals surface area (Å²) in [5.41, 5.74) is -1.41. The molecule has 0 saturated heterocycles. The average molecular weight is 359 g/mol. The summed E-state index contributed by atoms with van der Waals surface area (Å²) in [6.45, 7) is 0. The third-order valence-electron chi connectivity index (χ3n) is 1.63. The first-order valence-electron chi connectivity index (χ1n) is 3.68. The molecule has 16 heavy (non-hydrogen) atoms. The van der Waals surface area contributed by atoms with Crippen LogP contribution in [0.2, 0.25) is 0 Å². The number of primary sulfonamides is 1. The van der Waals surface area contributed by atoms with Crippen molar-refractivity contribution in [3.63, 3.8) is 0 Å². The van der Waals surface area contributed by atoms with Crippen molar-refractivity contribution in [2.45, 2.75) is 11.3 Å². The summed E-state index contributed by atoms with van der Waals surface area (Å²) >= 11 is 1.50. The fourth-order valence-corrected chi connectivity index (χ4v) is 2.76. The molecule has 5 nitrogen and oxygen atoms in total. The summed E-state index contributed by atoms with van der Waals surface area (Å²) in [6.07, 6.45) is -2.05. The lowest BCUT2D eigenvalue weighted by Crippen LogP contribution is -2.18. The van der Waals surface area contributed by atoms with E-state index < -0.39 is 32.6 Å². The highest BCUT2D eigenvalue weighted by molar-refractivity contribution is 14.1. The molecule has 0 bridgehead atoms. The number of nitrogens with two attached hydrogens (primary N) is 1. The number of nitriles is 1. The number of aromatic nitrogens is 1. The van der Waals surface area contributed by atoms with Gasteiger partial charge in [0.2, 0.25) is 10.0 Å². The maximum Gasteiger partial charge on any atom is 0.266 e. The predicted octanol–water partition coefficient (Wildman–Crippen LogP) is 1.14. The van der Waals surface area contributed by atoms with Crippen molar-refractivity contribution in [2.24, 2.45) is 5.14 Å². The van der Waals surface area contributed by atoms with Gasteiger partial charge in [-0.25, -0.2) is 27.3 Å². The molecule has 0 aliphatic carbocycles. The molecule has 1 heterocycles. The van der Waals surface area contributed by atoms with Gasteiger partial charge in [0.15, 0.2) is 5.69 Å². The number of hydrogen-bond acceptors (Lipinski definition) is 4. The Morgan fingerprint density at radius 1 is 1.56 bits per heavy atom. The van der Waals surface area contributed by atoms with E-state index in [-0.39, 0.29) is 3.57 Å². The minimum absolute atomic E-state index is 0.0596. The fraction of sp³-hybridized carbons (Fsp3) is 0.143. The van der Waals surface area contributed by atoms with Crippen molar-refractivity contribution in [2.75, 3.05) is 0 Å². The lowest BCUT2D eigenvalue weighted by atomic mass is 10.2. The average Bonchev–Trinajstić information content (AvgIpc) is 2.15. The summed E-state index contributed by atoms with van der Waals surface area (Å²) in [7, 11) is -4.41. The van der Waals surface area contributed by atoms with Gasteiger partial charge in [-0.15, -0.1) is 0 Å². The molecule has 0 unspecified atom stereocenters. The first kappa shape index (κ1) is 13.2. The van der Waals surface area contributed by atoms with E-state index in [2.05, 4.69) is 4.98 Å². The Labute approximate surface area is 103 Å². The van der Waals surface area contributed by atoms with E-state index >= 15 is 0 Å². The summed E-state index contributed by atoms with van der Waals surface area (Å²) in [4.78, 5) is 2.54. The number of halogens is 3. The Bertz CT molecular complexity index is 568. The predicted molar refractivity (Wildman–Crippen MR) is 58.0 cm³/mol. The van der Waals surface area contributed by atoms with Gasteiger partial charge in [-0.2, -0.15) is 5.26 Å². The monoisotopic (exact) mass is 359 g/mol. The zero-order valence-corrected chi connectivity index (χ0v) is 10.5. The van der Waals surface area contributed by atoms with Crippen molar-refractivity contribution in [3.05, 3.63) is 21.0 Å². The normalized spacial score (nSPS) is 11.5. The van der Waals surface area contributed by atoms with E-state index in [1.54, 1.807) is 0 Å². The summed E-state index contributed by atoms with van der Waals surface area (Å²) in [5, 5.41) is 13.4. The third kappa shape index (κ3) is 2.45. The van der Waals surface area contributed by atoms with Crippen LogP contribution in [0.3, 0.4) is 0 Å². The van der Waals surface area contributed by atoms with Crippen LogP contribution in [-0.4, -0.2) is 13.4 Å². The van der Waals surface area contributed by atoms with Crippen LogP contribution in [0, 0.1) is 14.9 Å². The maximum absolute atomic E-state index is 12.7. The molecular formula is C7H4F2IN3O2S. The largest absolute Gasteiger partial charge is 0.266 e. The van der Waals surface area contributed by atoms with Crippen LogP contribution < -0.4 is 5.14 Å². The van der Waals surface area contributed by atoms with Gasteiger partial charge in [-0.3, -0.25) is 0 Å². The molecule has 1 rings (SSSR count). The molecule has 1 aromatic rings.